The number of hydrogen-bond donors (Lipinski definition) is 0. The third kappa shape index (κ3) is 5.30. The average molecular weight is 664 g/mol. The van der Waals surface area contributed by atoms with Crippen LogP contribution in [0.15, 0.2) is 205 Å². The van der Waals surface area contributed by atoms with Crippen molar-refractivity contribution in [2.45, 2.75) is 0 Å². The molecule has 0 atom stereocenters. The van der Waals surface area contributed by atoms with Gasteiger partial charge in [0, 0.05) is 16.8 Å². The van der Waals surface area contributed by atoms with E-state index in [1.807, 2.05) is 12.1 Å². The smallest absolute Gasteiger partial charge is 0.137 e. The molecule has 0 saturated carbocycles. The molecule has 0 radical (unpaired) electrons. The largest absolute Gasteiger partial charge is 0.456 e. The molecule has 0 bridgehead atoms. The van der Waals surface area contributed by atoms with Gasteiger partial charge in [0.05, 0.1) is 11.1 Å². The molecule has 0 spiro atoms. The molecule has 2 nitrogen and oxygen atoms in total. The number of fused-ring (bicyclic) bond motifs is 5. The molecule has 1 aromatic heterocycles. The van der Waals surface area contributed by atoms with E-state index in [4.69, 9.17) is 4.42 Å². The number of para-hydroxylation sites is 1. The molecule has 0 aliphatic rings. The van der Waals surface area contributed by atoms with Crippen LogP contribution in [-0.4, -0.2) is 0 Å². The summed E-state index contributed by atoms with van der Waals surface area (Å²) in [5, 5.41) is 7.19. The van der Waals surface area contributed by atoms with Gasteiger partial charge in [0.25, 0.3) is 0 Å². The van der Waals surface area contributed by atoms with Crippen molar-refractivity contribution in [3.63, 3.8) is 0 Å². The third-order valence-electron chi connectivity index (χ3n) is 10.2. The van der Waals surface area contributed by atoms with Gasteiger partial charge < -0.3 is 9.32 Å². The SMILES string of the molecule is c1cc(-c2ccc3ccccc3c2)cc(N(c2ccc(-c3ccc(-c4ccc5ccccc5c4)cc3)cc2)c2cccc3oc4ccccc4c23)c1. The van der Waals surface area contributed by atoms with Gasteiger partial charge in [0.1, 0.15) is 11.2 Å². The maximum atomic E-state index is 6.36. The first-order valence-corrected chi connectivity index (χ1v) is 17.7. The Morgan fingerprint density at radius 1 is 0.308 bits per heavy atom. The quantitative estimate of drug-likeness (QED) is 0.176. The highest BCUT2D eigenvalue weighted by molar-refractivity contribution is 6.13. The highest BCUT2D eigenvalue weighted by Crippen LogP contribution is 2.44. The van der Waals surface area contributed by atoms with Crippen LogP contribution in [0, 0.1) is 0 Å². The Labute approximate surface area is 302 Å². The Morgan fingerprint density at radius 3 is 1.50 bits per heavy atom. The van der Waals surface area contributed by atoms with E-state index >= 15 is 0 Å². The summed E-state index contributed by atoms with van der Waals surface area (Å²) in [6, 6.07) is 71.8. The average Bonchev–Trinajstić information content (AvgIpc) is 3.61. The van der Waals surface area contributed by atoms with E-state index in [0.717, 1.165) is 39.0 Å². The van der Waals surface area contributed by atoms with E-state index in [-0.39, 0.29) is 0 Å². The van der Waals surface area contributed by atoms with Gasteiger partial charge in [-0.3, -0.25) is 0 Å². The lowest BCUT2D eigenvalue weighted by Gasteiger charge is -2.27. The van der Waals surface area contributed by atoms with Gasteiger partial charge in [-0.05, 0) is 110 Å². The van der Waals surface area contributed by atoms with Crippen LogP contribution in [0.5, 0.6) is 0 Å². The van der Waals surface area contributed by atoms with Crippen molar-refractivity contribution in [1.82, 2.24) is 0 Å². The maximum absolute atomic E-state index is 6.36. The number of furan rings is 1. The predicted molar refractivity (Wildman–Crippen MR) is 220 cm³/mol. The van der Waals surface area contributed by atoms with E-state index in [1.54, 1.807) is 0 Å². The monoisotopic (exact) mass is 663 g/mol. The predicted octanol–water partition coefficient (Wildman–Crippen LogP) is 14.4. The normalized spacial score (nSPS) is 11.5. The first-order chi connectivity index (χ1) is 25.7. The van der Waals surface area contributed by atoms with E-state index in [9.17, 15) is 0 Å². The Kier molecular flexibility index (Phi) is 7.18. The van der Waals surface area contributed by atoms with Gasteiger partial charge in [-0.1, -0.05) is 146 Å². The van der Waals surface area contributed by atoms with Crippen LogP contribution < -0.4 is 4.90 Å². The summed E-state index contributed by atoms with van der Waals surface area (Å²) in [6.07, 6.45) is 0. The molecule has 10 rings (SSSR count). The fourth-order valence-corrected chi connectivity index (χ4v) is 7.59. The fourth-order valence-electron chi connectivity index (χ4n) is 7.59. The lowest BCUT2D eigenvalue weighted by Crippen LogP contribution is -2.10. The Morgan fingerprint density at radius 2 is 0.808 bits per heavy atom. The number of nitrogens with zero attached hydrogens (tertiary/aromatic N) is 1. The fraction of sp³-hybridized carbons (Fsp3) is 0. The highest BCUT2D eigenvalue weighted by Gasteiger charge is 2.20. The zero-order valence-corrected chi connectivity index (χ0v) is 28.4. The maximum Gasteiger partial charge on any atom is 0.137 e. The molecule has 10 aromatic rings. The lowest BCUT2D eigenvalue weighted by atomic mass is 9.98. The number of benzene rings is 9. The molecular weight excluding hydrogens is 631 g/mol. The van der Waals surface area contributed by atoms with Crippen LogP contribution in [0.25, 0.3) is 76.9 Å². The number of rotatable bonds is 6. The van der Waals surface area contributed by atoms with Gasteiger partial charge in [-0.15, -0.1) is 0 Å². The summed E-state index contributed by atoms with van der Waals surface area (Å²) in [4.78, 5) is 2.36. The van der Waals surface area contributed by atoms with Gasteiger partial charge in [-0.25, -0.2) is 0 Å². The summed E-state index contributed by atoms with van der Waals surface area (Å²) in [7, 11) is 0. The molecule has 0 saturated heterocycles. The van der Waals surface area contributed by atoms with Gasteiger partial charge in [0.15, 0.2) is 0 Å². The number of hydrogen-bond acceptors (Lipinski definition) is 2. The van der Waals surface area contributed by atoms with E-state index in [0.29, 0.717) is 0 Å². The second kappa shape index (κ2) is 12.5. The highest BCUT2D eigenvalue weighted by atomic mass is 16.3. The summed E-state index contributed by atoms with van der Waals surface area (Å²) in [5.41, 5.74) is 12.1. The Balaban J connectivity index is 1.06. The van der Waals surface area contributed by atoms with Crippen molar-refractivity contribution in [3.8, 4) is 33.4 Å². The molecule has 2 heteroatoms. The summed E-state index contributed by atoms with van der Waals surface area (Å²) in [6.45, 7) is 0. The van der Waals surface area contributed by atoms with Crippen molar-refractivity contribution in [3.05, 3.63) is 200 Å². The molecular formula is C50H33NO. The third-order valence-corrected chi connectivity index (χ3v) is 10.2. The van der Waals surface area contributed by atoms with Crippen LogP contribution in [-0.2, 0) is 0 Å². The zero-order valence-electron chi connectivity index (χ0n) is 28.4. The van der Waals surface area contributed by atoms with Crippen LogP contribution in [0.4, 0.5) is 17.1 Å². The molecule has 52 heavy (non-hydrogen) atoms. The van der Waals surface area contributed by atoms with Crippen molar-refractivity contribution >= 4 is 60.5 Å². The Bertz CT molecular complexity index is 2900. The van der Waals surface area contributed by atoms with Gasteiger partial charge in [-0.2, -0.15) is 0 Å². The molecule has 0 aliphatic carbocycles. The molecule has 0 amide bonds. The molecule has 9 aromatic carbocycles. The molecule has 244 valence electrons. The molecule has 0 fully saturated rings. The van der Waals surface area contributed by atoms with E-state index in [2.05, 4.69) is 193 Å². The number of anilines is 3. The Hall–Kier alpha value is -6.90. The molecule has 1 heterocycles. The minimum Gasteiger partial charge on any atom is -0.456 e. The van der Waals surface area contributed by atoms with Crippen molar-refractivity contribution in [1.29, 1.82) is 0 Å². The minimum absolute atomic E-state index is 0.873. The minimum atomic E-state index is 0.873. The van der Waals surface area contributed by atoms with Crippen molar-refractivity contribution in [2.24, 2.45) is 0 Å². The van der Waals surface area contributed by atoms with Crippen molar-refractivity contribution in [2.75, 3.05) is 4.90 Å². The van der Waals surface area contributed by atoms with Crippen LogP contribution in [0.1, 0.15) is 0 Å². The zero-order chi connectivity index (χ0) is 34.4. The first-order valence-electron chi connectivity index (χ1n) is 17.7. The van der Waals surface area contributed by atoms with Crippen LogP contribution >= 0.6 is 0 Å². The van der Waals surface area contributed by atoms with Gasteiger partial charge in [0.2, 0.25) is 0 Å². The summed E-state index contributed by atoms with van der Waals surface area (Å²) >= 11 is 0. The summed E-state index contributed by atoms with van der Waals surface area (Å²) < 4.78 is 6.36. The van der Waals surface area contributed by atoms with Gasteiger partial charge >= 0.3 is 0 Å². The van der Waals surface area contributed by atoms with Crippen molar-refractivity contribution < 1.29 is 4.42 Å². The topological polar surface area (TPSA) is 16.4 Å². The second-order valence-electron chi connectivity index (χ2n) is 13.4. The molecule has 0 unspecified atom stereocenters. The van der Waals surface area contributed by atoms with Crippen LogP contribution in [0.2, 0.25) is 0 Å². The van der Waals surface area contributed by atoms with Crippen LogP contribution in [0.3, 0.4) is 0 Å². The second-order valence-corrected chi connectivity index (χ2v) is 13.4. The molecule has 0 aliphatic heterocycles. The lowest BCUT2D eigenvalue weighted by molar-refractivity contribution is 0.669. The summed E-state index contributed by atoms with van der Waals surface area (Å²) in [5.74, 6) is 0. The standard InChI is InChI=1S/C50H33NO/c1-3-11-39-31-42(25-23-34(39)9-1)38-21-19-36(20-22-38)37-27-29-44(30-28-37)51(47-16-8-18-49-50(47)46-15-5-6-17-48(46)52-49)45-14-7-13-41(33-45)43-26-24-35-10-2-4-12-40(35)32-43/h1-33H. The first kappa shape index (κ1) is 30.0. The molecule has 0 N–H and O–H groups in total. The van der Waals surface area contributed by atoms with E-state index < -0.39 is 0 Å². The van der Waals surface area contributed by atoms with E-state index in [1.165, 1.54) is 54.9 Å².